The summed E-state index contributed by atoms with van der Waals surface area (Å²) < 4.78 is 0. The molecule has 1 aliphatic rings. The van der Waals surface area contributed by atoms with Crippen LogP contribution in [0.25, 0.3) is 0 Å². The minimum Gasteiger partial charge on any atom is -0.310 e. The van der Waals surface area contributed by atoms with Gasteiger partial charge in [-0.2, -0.15) is 0 Å². The first-order valence-electron chi connectivity index (χ1n) is 8.82. The Balaban J connectivity index is 2.18. The molecule has 21 heavy (non-hydrogen) atoms. The van der Waals surface area contributed by atoms with Crippen molar-refractivity contribution in [3.8, 4) is 0 Å². The lowest BCUT2D eigenvalue weighted by Gasteiger charge is -2.30. The van der Waals surface area contributed by atoms with Crippen LogP contribution in [-0.4, -0.2) is 6.54 Å². The number of nitrogens with one attached hydrogen (secondary N) is 1. The minimum atomic E-state index is 0.446. The molecule has 0 saturated heterocycles. The van der Waals surface area contributed by atoms with E-state index in [2.05, 4.69) is 57.3 Å². The second-order valence-electron chi connectivity index (χ2n) is 7.88. The highest BCUT2D eigenvalue weighted by atomic mass is 14.9. The van der Waals surface area contributed by atoms with Crippen molar-refractivity contribution in [1.29, 1.82) is 0 Å². The zero-order valence-corrected chi connectivity index (χ0v) is 14.4. The van der Waals surface area contributed by atoms with E-state index in [1.165, 1.54) is 38.5 Å². The lowest BCUT2D eigenvalue weighted by Crippen LogP contribution is -2.29. The Morgan fingerprint density at radius 1 is 1.19 bits per heavy atom. The predicted molar refractivity (Wildman–Crippen MR) is 92.6 cm³/mol. The van der Waals surface area contributed by atoms with Gasteiger partial charge in [0.1, 0.15) is 0 Å². The molecule has 0 fully saturated rings. The molecule has 0 radical (unpaired) electrons. The van der Waals surface area contributed by atoms with Crippen LogP contribution in [0.15, 0.2) is 24.3 Å². The van der Waals surface area contributed by atoms with Gasteiger partial charge in [0.25, 0.3) is 0 Å². The van der Waals surface area contributed by atoms with Gasteiger partial charge in [-0.1, -0.05) is 52.0 Å². The fourth-order valence-electron chi connectivity index (χ4n) is 3.55. The summed E-state index contributed by atoms with van der Waals surface area (Å²) in [6.45, 7) is 10.5. The average Bonchev–Trinajstić information content (AvgIpc) is 2.61. The van der Waals surface area contributed by atoms with E-state index in [9.17, 15) is 0 Å². The van der Waals surface area contributed by atoms with E-state index in [0.717, 1.165) is 12.5 Å². The van der Waals surface area contributed by atoms with Crippen molar-refractivity contribution in [2.45, 2.75) is 72.3 Å². The summed E-state index contributed by atoms with van der Waals surface area (Å²) in [5.41, 5.74) is 3.59. The van der Waals surface area contributed by atoms with Crippen molar-refractivity contribution in [2.75, 3.05) is 6.54 Å². The van der Waals surface area contributed by atoms with Gasteiger partial charge in [-0.05, 0) is 67.5 Å². The normalized spacial score (nSPS) is 22.7. The first kappa shape index (κ1) is 16.5. The smallest absolute Gasteiger partial charge is 0.0351 e. The van der Waals surface area contributed by atoms with Crippen LogP contribution >= 0.6 is 0 Å². The molecular weight excluding hydrogens is 254 g/mol. The highest BCUT2D eigenvalue weighted by Crippen LogP contribution is 2.37. The summed E-state index contributed by atoms with van der Waals surface area (Å²) in [4.78, 5) is 0. The lowest BCUT2D eigenvalue weighted by atomic mass is 9.81. The van der Waals surface area contributed by atoms with Crippen molar-refractivity contribution in [1.82, 2.24) is 5.32 Å². The maximum Gasteiger partial charge on any atom is 0.0351 e. The molecule has 0 aromatic heterocycles. The topological polar surface area (TPSA) is 12.0 Å². The van der Waals surface area contributed by atoms with Crippen LogP contribution in [0.1, 0.15) is 77.0 Å². The second kappa shape index (κ2) is 7.45. The van der Waals surface area contributed by atoms with Crippen LogP contribution in [0.2, 0.25) is 0 Å². The fourth-order valence-corrected chi connectivity index (χ4v) is 3.55. The van der Waals surface area contributed by atoms with Gasteiger partial charge >= 0.3 is 0 Å². The Labute approximate surface area is 131 Å². The molecule has 2 unspecified atom stereocenters. The molecule has 1 N–H and O–H groups in total. The molecule has 0 spiro atoms. The predicted octanol–water partition coefficient (Wildman–Crippen LogP) is 5.51. The molecule has 0 aliphatic heterocycles. The van der Waals surface area contributed by atoms with Gasteiger partial charge in [-0.15, -0.1) is 0 Å². The highest BCUT2D eigenvalue weighted by molar-refractivity contribution is 5.31. The third-order valence-corrected chi connectivity index (χ3v) is 4.76. The molecule has 1 aromatic rings. The summed E-state index contributed by atoms with van der Waals surface area (Å²) in [6.07, 6.45) is 7.85. The molecule has 118 valence electrons. The molecule has 1 aromatic carbocycles. The zero-order valence-electron chi connectivity index (χ0n) is 14.4. The first-order valence-corrected chi connectivity index (χ1v) is 8.82. The highest BCUT2D eigenvalue weighted by Gasteiger charge is 2.28. The Morgan fingerprint density at radius 3 is 2.67 bits per heavy atom. The Morgan fingerprint density at radius 2 is 1.95 bits per heavy atom. The van der Waals surface area contributed by atoms with Gasteiger partial charge in [-0.25, -0.2) is 0 Å². The molecule has 0 heterocycles. The number of hydrogen-bond acceptors (Lipinski definition) is 1. The number of hydrogen-bond donors (Lipinski definition) is 1. The molecule has 1 nitrogen and oxygen atoms in total. The molecule has 2 atom stereocenters. The number of rotatable bonds is 5. The van der Waals surface area contributed by atoms with Crippen LogP contribution < -0.4 is 5.32 Å². The lowest BCUT2D eigenvalue weighted by molar-refractivity contribution is 0.264. The van der Waals surface area contributed by atoms with Crippen molar-refractivity contribution in [3.05, 3.63) is 35.4 Å². The largest absolute Gasteiger partial charge is 0.310 e. The molecule has 0 saturated carbocycles. The van der Waals surface area contributed by atoms with Gasteiger partial charge in [-0.3, -0.25) is 0 Å². The number of fused-ring (bicyclic) bond motifs is 1. The number of aryl methyl sites for hydroxylation is 1. The molecule has 1 aliphatic carbocycles. The van der Waals surface area contributed by atoms with Crippen molar-refractivity contribution < 1.29 is 0 Å². The summed E-state index contributed by atoms with van der Waals surface area (Å²) in [7, 11) is 0. The van der Waals surface area contributed by atoms with E-state index < -0.39 is 0 Å². The van der Waals surface area contributed by atoms with E-state index in [1.807, 2.05) is 0 Å². The van der Waals surface area contributed by atoms with E-state index >= 15 is 0 Å². The van der Waals surface area contributed by atoms with Crippen LogP contribution in [0.5, 0.6) is 0 Å². The summed E-state index contributed by atoms with van der Waals surface area (Å²) in [5, 5.41) is 3.85. The maximum atomic E-state index is 3.85. The van der Waals surface area contributed by atoms with Crippen LogP contribution in [-0.2, 0) is 6.42 Å². The quantitative estimate of drug-likeness (QED) is 0.704. The van der Waals surface area contributed by atoms with Gasteiger partial charge in [0, 0.05) is 6.04 Å². The van der Waals surface area contributed by atoms with Gasteiger partial charge in [0.2, 0.25) is 0 Å². The van der Waals surface area contributed by atoms with Gasteiger partial charge < -0.3 is 5.32 Å². The summed E-state index contributed by atoms with van der Waals surface area (Å²) >= 11 is 0. The van der Waals surface area contributed by atoms with Crippen LogP contribution in [0.4, 0.5) is 0 Å². The molecule has 0 bridgehead atoms. The van der Waals surface area contributed by atoms with E-state index in [1.54, 1.807) is 11.1 Å². The zero-order chi connectivity index (χ0) is 15.3. The molecule has 2 rings (SSSR count). The van der Waals surface area contributed by atoms with Crippen LogP contribution in [0, 0.1) is 11.3 Å². The van der Waals surface area contributed by atoms with Crippen molar-refractivity contribution >= 4 is 0 Å². The summed E-state index contributed by atoms with van der Waals surface area (Å²) in [5.74, 6) is 0.791. The fraction of sp³-hybridized carbons (Fsp3) is 0.700. The average molecular weight is 287 g/mol. The third-order valence-electron chi connectivity index (χ3n) is 4.76. The molecule has 0 amide bonds. The monoisotopic (exact) mass is 287 g/mol. The Kier molecular flexibility index (Phi) is 5.87. The third kappa shape index (κ3) is 4.85. The van der Waals surface area contributed by atoms with E-state index in [4.69, 9.17) is 0 Å². The van der Waals surface area contributed by atoms with Gasteiger partial charge in [0.15, 0.2) is 0 Å². The second-order valence-corrected chi connectivity index (χ2v) is 7.88. The standard InChI is InChI=1S/C20H33N/c1-5-15-21-19-17(13-14-20(2,3)4)11-8-10-16-9-6-7-12-18(16)19/h6-7,9,12,17,19,21H,5,8,10-11,13-15H2,1-4H3. The Hall–Kier alpha value is -0.820. The summed E-state index contributed by atoms with van der Waals surface area (Å²) in [6, 6.07) is 9.67. The number of benzene rings is 1. The van der Waals surface area contributed by atoms with Crippen molar-refractivity contribution in [3.63, 3.8) is 0 Å². The van der Waals surface area contributed by atoms with E-state index in [-0.39, 0.29) is 0 Å². The first-order chi connectivity index (χ1) is 10.0. The minimum absolute atomic E-state index is 0.446. The Bertz CT molecular complexity index is 430. The van der Waals surface area contributed by atoms with Crippen LogP contribution in [0.3, 0.4) is 0 Å². The SMILES string of the molecule is CCCNC1c2ccccc2CCCC1CCC(C)(C)C. The molecular formula is C20H33N. The van der Waals surface area contributed by atoms with E-state index in [0.29, 0.717) is 11.5 Å². The van der Waals surface area contributed by atoms with Crippen molar-refractivity contribution in [2.24, 2.45) is 11.3 Å². The molecule has 1 heteroatoms. The maximum absolute atomic E-state index is 3.85. The van der Waals surface area contributed by atoms with Gasteiger partial charge in [0.05, 0.1) is 0 Å².